The van der Waals surface area contributed by atoms with E-state index in [-0.39, 0.29) is 0 Å². The number of rotatable bonds is 5. The van der Waals surface area contributed by atoms with Crippen LogP contribution in [0.4, 0.5) is 0 Å². The third kappa shape index (κ3) is 3.11. The van der Waals surface area contributed by atoms with Crippen molar-refractivity contribution in [1.29, 1.82) is 0 Å². The molecular weight excluding hydrogens is 292 g/mol. The van der Waals surface area contributed by atoms with Gasteiger partial charge in [-0.15, -0.1) is 0 Å². The summed E-state index contributed by atoms with van der Waals surface area (Å²) in [5, 5.41) is 0. The van der Waals surface area contributed by atoms with E-state index >= 15 is 0 Å². The highest BCUT2D eigenvalue weighted by Gasteiger charge is 2.17. The van der Waals surface area contributed by atoms with Crippen LogP contribution in [0.25, 0.3) is 11.8 Å². The highest BCUT2D eigenvalue weighted by Crippen LogP contribution is 2.36. The molecule has 23 heavy (non-hydrogen) atoms. The Balaban J connectivity index is 1.93. The van der Waals surface area contributed by atoms with Gasteiger partial charge in [0, 0.05) is 11.1 Å². The van der Waals surface area contributed by atoms with E-state index in [9.17, 15) is 0 Å². The van der Waals surface area contributed by atoms with Crippen molar-refractivity contribution in [3.05, 3.63) is 53.1 Å². The summed E-state index contributed by atoms with van der Waals surface area (Å²) < 4.78 is 22.1. The minimum absolute atomic E-state index is 0.509. The molecule has 0 unspecified atom stereocenters. The first kappa shape index (κ1) is 15.3. The van der Waals surface area contributed by atoms with E-state index < -0.39 is 0 Å². The minimum Gasteiger partial charge on any atom is -0.494 e. The molecular formula is C19H20O4. The predicted molar refractivity (Wildman–Crippen MR) is 89.8 cm³/mol. The van der Waals surface area contributed by atoms with E-state index in [4.69, 9.17) is 18.9 Å². The molecule has 0 amide bonds. The molecule has 0 N–H and O–H groups in total. The minimum atomic E-state index is 0.509. The molecule has 4 heteroatoms. The Hall–Kier alpha value is -2.62. The Bertz CT molecular complexity index is 717. The van der Waals surface area contributed by atoms with Crippen molar-refractivity contribution in [2.45, 2.75) is 13.5 Å². The Morgan fingerprint density at radius 1 is 1.00 bits per heavy atom. The van der Waals surface area contributed by atoms with Crippen molar-refractivity contribution >= 4 is 11.8 Å². The zero-order valence-electron chi connectivity index (χ0n) is 13.6. The number of fused-ring (bicyclic) bond motifs is 1. The van der Waals surface area contributed by atoms with Gasteiger partial charge in [-0.2, -0.15) is 0 Å². The molecule has 0 aromatic heterocycles. The number of methoxy groups -OCH3 is 2. The van der Waals surface area contributed by atoms with Gasteiger partial charge >= 0.3 is 0 Å². The maximum atomic E-state index is 5.89. The molecule has 0 saturated carbocycles. The Morgan fingerprint density at radius 2 is 1.70 bits per heavy atom. The smallest absolute Gasteiger partial charge is 0.161 e. The van der Waals surface area contributed by atoms with Gasteiger partial charge in [-0.1, -0.05) is 0 Å². The highest BCUT2D eigenvalue weighted by molar-refractivity contribution is 5.81. The van der Waals surface area contributed by atoms with E-state index in [0.717, 1.165) is 33.9 Å². The molecule has 2 aromatic rings. The van der Waals surface area contributed by atoms with Gasteiger partial charge in [0.1, 0.15) is 18.1 Å². The van der Waals surface area contributed by atoms with E-state index in [1.165, 1.54) is 0 Å². The van der Waals surface area contributed by atoms with Crippen molar-refractivity contribution in [3.8, 4) is 17.2 Å². The summed E-state index contributed by atoms with van der Waals surface area (Å²) in [4.78, 5) is 0. The molecule has 0 radical (unpaired) electrons. The third-order valence-corrected chi connectivity index (χ3v) is 3.76. The molecule has 0 saturated heterocycles. The van der Waals surface area contributed by atoms with Crippen molar-refractivity contribution in [2.75, 3.05) is 20.8 Å². The number of hydrogen-bond acceptors (Lipinski definition) is 4. The highest BCUT2D eigenvalue weighted by atomic mass is 16.5. The Labute approximate surface area is 136 Å². The summed E-state index contributed by atoms with van der Waals surface area (Å²) in [6, 6.07) is 11.8. The predicted octanol–water partition coefficient (Wildman–Crippen LogP) is 4.13. The molecule has 1 aliphatic rings. The van der Waals surface area contributed by atoms with Crippen LogP contribution in [0, 0.1) is 0 Å². The zero-order chi connectivity index (χ0) is 16.2. The second-order valence-electron chi connectivity index (χ2n) is 5.16. The quantitative estimate of drug-likeness (QED) is 0.832. The molecule has 1 aliphatic heterocycles. The van der Waals surface area contributed by atoms with Crippen LogP contribution >= 0.6 is 0 Å². The maximum absolute atomic E-state index is 5.89. The summed E-state index contributed by atoms with van der Waals surface area (Å²) in [6.07, 6.45) is 2.02. The fraction of sp³-hybridized carbons (Fsp3) is 0.263. The van der Waals surface area contributed by atoms with Gasteiger partial charge in [0.05, 0.1) is 20.8 Å². The molecule has 0 bridgehead atoms. The lowest BCUT2D eigenvalue weighted by Crippen LogP contribution is -2.04. The molecule has 3 rings (SSSR count). The molecule has 0 spiro atoms. The molecule has 0 fully saturated rings. The van der Waals surface area contributed by atoms with E-state index in [0.29, 0.717) is 19.0 Å². The zero-order valence-corrected chi connectivity index (χ0v) is 13.6. The second-order valence-corrected chi connectivity index (χ2v) is 5.16. The normalized spacial score (nSPS) is 12.7. The summed E-state index contributed by atoms with van der Waals surface area (Å²) in [5.74, 6) is 3.13. The topological polar surface area (TPSA) is 36.9 Å². The molecule has 1 heterocycles. The molecule has 0 aliphatic carbocycles. The SMILES string of the molecule is CCOc1ccc(C2=Cc3cc(OC)c(OC)cc3CO2)cc1. The number of ether oxygens (including phenoxy) is 4. The summed E-state index contributed by atoms with van der Waals surface area (Å²) >= 11 is 0. The monoisotopic (exact) mass is 312 g/mol. The fourth-order valence-corrected chi connectivity index (χ4v) is 2.58. The van der Waals surface area contributed by atoms with Gasteiger partial charge < -0.3 is 18.9 Å². The molecule has 0 atom stereocenters. The summed E-state index contributed by atoms with van der Waals surface area (Å²) in [7, 11) is 3.27. The van der Waals surface area contributed by atoms with E-state index in [2.05, 4.69) is 0 Å². The number of benzene rings is 2. The first-order valence-electron chi connectivity index (χ1n) is 7.57. The van der Waals surface area contributed by atoms with Crippen LogP contribution in [-0.4, -0.2) is 20.8 Å². The van der Waals surface area contributed by atoms with Gasteiger partial charge in [-0.05, 0) is 55.0 Å². The lowest BCUT2D eigenvalue weighted by Gasteiger charge is -2.20. The summed E-state index contributed by atoms with van der Waals surface area (Å²) in [6.45, 7) is 3.14. The van der Waals surface area contributed by atoms with Crippen molar-refractivity contribution in [3.63, 3.8) is 0 Å². The van der Waals surface area contributed by atoms with Gasteiger partial charge in [0.15, 0.2) is 11.5 Å². The first-order valence-corrected chi connectivity index (χ1v) is 7.57. The van der Waals surface area contributed by atoms with Crippen molar-refractivity contribution < 1.29 is 18.9 Å². The third-order valence-electron chi connectivity index (χ3n) is 3.76. The Morgan fingerprint density at radius 3 is 2.35 bits per heavy atom. The van der Waals surface area contributed by atoms with Crippen LogP contribution in [0.2, 0.25) is 0 Å². The maximum Gasteiger partial charge on any atom is 0.161 e. The van der Waals surface area contributed by atoms with Crippen LogP contribution in [0.3, 0.4) is 0 Å². The van der Waals surface area contributed by atoms with Crippen LogP contribution in [0.5, 0.6) is 17.2 Å². The Kier molecular flexibility index (Phi) is 4.42. The van der Waals surface area contributed by atoms with Gasteiger partial charge in [0.2, 0.25) is 0 Å². The second kappa shape index (κ2) is 6.65. The largest absolute Gasteiger partial charge is 0.494 e. The first-order chi connectivity index (χ1) is 11.2. The lowest BCUT2D eigenvalue weighted by molar-refractivity contribution is 0.260. The van der Waals surface area contributed by atoms with Gasteiger partial charge in [0.25, 0.3) is 0 Å². The summed E-state index contributed by atoms with van der Waals surface area (Å²) in [5.41, 5.74) is 3.18. The van der Waals surface area contributed by atoms with Crippen LogP contribution < -0.4 is 14.2 Å². The molecule has 120 valence electrons. The molecule has 2 aromatic carbocycles. The van der Waals surface area contributed by atoms with Gasteiger partial charge in [-0.3, -0.25) is 0 Å². The van der Waals surface area contributed by atoms with Crippen molar-refractivity contribution in [2.24, 2.45) is 0 Å². The lowest BCUT2D eigenvalue weighted by atomic mass is 10.0. The van der Waals surface area contributed by atoms with Gasteiger partial charge in [-0.25, -0.2) is 0 Å². The van der Waals surface area contributed by atoms with E-state index in [1.807, 2.05) is 49.4 Å². The van der Waals surface area contributed by atoms with E-state index in [1.54, 1.807) is 14.2 Å². The van der Waals surface area contributed by atoms with Crippen LogP contribution in [-0.2, 0) is 11.3 Å². The average Bonchev–Trinajstić information content (AvgIpc) is 2.61. The average molecular weight is 312 g/mol. The standard InChI is InChI=1S/C19H20O4/c1-4-22-16-7-5-13(6-8-16)17-9-14-10-18(20-2)19(21-3)11-15(14)12-23-17/h5-11H,4,12H2,1-3H3. The molecule has 4 nitrogen and oxygen atoms in total. The number of hydrogen-bond donors (Lipinski definition) is 0. The van der Waals surface area contributed by atoms with Crippen molar-refractivity contribution in [1.82, 2.24) is 0 Å². The van der Waals surface area contributed by atoms with Crippen LogP contribution in [0.1, 0.15) is 23.6 Å². The van der Waals surface area contributed by atoms with Crippen LogP contribution in [0.15, 0.2) is 36.4 Å². The fourth-order valence-electron chi connectivity index (χ4n) is 2.58.